The van der Waals surface area contributed by atoms with Crippen molar-refractivity contribution in [2.24, 2.45) is 0 Å². The number of aromatic nitrogens is 1. The van der Waals surface area contributed by atoms with E-state index in [2.05, 4.69) is 47.7 Å². The number of carbonyl (C=O) groups is 1. The Morgan fingerprint density at radius 1 is 1.23 bits per heavy atom. The number of carbonyl (C=O) groups excluding carboxylic acids is 1. The van der Waals surface area contributed by atoms with Crippen LogP contribution >= 0.6 is 0 Å². The average molecular weight is 353 g/mol. The molecule has 1 saturated heterocycles. The van der Waals surface area contributed by atoms with Crippen LogP contribution in [-0.2, 0) is 17.6 Å². The van der Waals surface area contributed by atoms with E-state index in [1.165, 1.54) is 11.1 Å². The Balaban J connectivity index is 1.72. The largest absolute Gasteiger partial charge is 0.376 e. The molecule has 1 fully saturated rings. The Labute approximate surface area is 155 Å². The standard InChI is InChI=1S/C21H27N3O2/c1-3-15-7-5-8-16(4-2)20(15)24-17-10-11-22-19(13-17)21(25)23-14-18-9-6-12-26-18/h5,7-8,10-11,13,18H,3-4,6,9,12,14H2,1-2H3,(H,22,24)(H,23,25). The number of benzene rings is 1. The van der Waals surface area contributed by atoms with Gasteiger partial charge in [-0.15, -0.1) is 0 Å². The second-order valence-electron chi connectivity index (χ2n) is 6.56. The van der Waals surface area contributed by atoms with Crippen molar-refractivity contribution in [1.82, 2.24) is 10.3 Å². The van der Waals surface area contributed by atoms with Gasteiger partial charge in [0.05, 0.1) is 6.10 Å². The molecular weight excluding hydrogens is 326 g/mol. The van der Waals surface area contributed by atoms with Crippen molar-refractivity contribution >= 4 is 17.3 Å². The van der Waals surface area contributed by atoms with Crippen LogP contribution in [0.25, 0.3) is 0 Å². The molecule has 0 radical (unpaired) electrons. The third-order valence-corrected chi connectivity index (χ3v) is 4.78. The van der Waals surface area contributed by atoms with E-state index in [9.17, 15) is 4.79 Å². The minimum atomic E-state index is -0.163. The van der Waals surface area contributed by atoms with Crippen molar-refractivity contribution in [1.29, 1.82) is 0 Å². The molecule has 0 aliphatic carbocycles. The SMILES string of the molecule is CCc1cccc(CC)c1Nc1ccnc(C(=O)NCC2CCCO2)c1. The lowest BCUT2D eigenvalue weighted by Crippen LogP contribution is -2.32. The van der Waals surface area contributed by atoms with Crippen molar-refractivity contribution in [3.8, 4) is 0 Å². The molecule has 2 N–H and O–H groups in total. The number of rotatable bonds is 7. The first kappa shape index (κ1) is 18.4. The third-order valence-electron chi connectivity index (χ3n) is 4.78. The molecule has 26 heavy (non-hydrogen) atoms. The quantitative estimate of drug-likeness (QED) is 0.793. The maximum atomic E-state index is 12.4. The molecule has 1 amide bonds. The molecule has 0 saturated carbocycles. The Morgan fingerprint density at radius 2 is 2.00 bits per heavy atom. The summed E-state index contributed by atoms with van der Waals surface area (Å²) >= 11 is 0. The molecule has 3 rings (SSSR count). The van der Waals surface area contributed by atoms with E-state index < -0.39 is 0 Å². The molecule has 1 aromatic carbocycles. The maximum Gasteiger partial charge on any atom is 0.270 e. The predicted molar refractivity (Wildman–Crippen MR) is 104 cm³/mol. The Kier molecular flexibility index (Phi) is 6.23. The highest BCUT2D eigenvalue weighted by Crippen LogP contribution is 2.26. The maximum absolute atomic E-state index is 12.4. The van der Waals surface area contributed by atoms with Gasteiger partial charge in [0.1, 0.15) is 5.69 Å². The number of aryl methyl sites for hydroxylation is 2. The molecule has 1 aliphatic rings. The number of para-hydroxylation sites is 1. The van der Waals surface area contributed by atoms with Gasteiger partial charge in [-0.3, -0.25) is 9.78 Å². The summed E-state index contributed by atoms with van der Waals surface area (Å²) in [5, 5.41) is 6.41. The van der Waals surface area contributed by atoms with Crippen LogP contribution in [0.1, 0.15) is 48.3 Å². The number of nitrogens with zero attached hydrogens (tertiary/aromatic N) is 1. The number of amides is 1. The van der Waals surface area contributed by atoms with Crippen molar-refractivity contribution in [2.75, 3.05) is 18.5 Å². The van der Waals surface area contributed by atoms with E-state index in [0.29, 0.717) is 12.2 Å². The van der Waals surface area contributed by atoms with Gasteiger partial charge < -0.3 is 15.4 Å². The topological polar surface area (TPSA) is 63.2 Å². The van der Waals surface area contributed by atoms with Gasteiger partial charge in [0.25, 0.3) is 5.91 Å². The molecule has 2 aromatic rings. The van der Waals surface area contributed by atoms with Gasteiger partial charge in [0.2, 0.25) is 0 Å². The second-order valence-corrected chi connectivity index (χ2v) is 6.56. The monoisotopic (exact) mass is 353 g/mol. The van der Waals surface area contributed by atoms with E-state index in [0.717, 1.165) is 43.7 Å². The molecule has 1 aromatic heterocycles. The summed E-state index contributed by atoms with van der Waals surface area (Å²) in [5.74, 6) is -0.163. The first-order chi connectivity index (χ1) is 12.7. The van der Waals surface area contributed by atoms with Crippen LogP contribution in [0.15, 0.2) is 36.5 Å². The van der Waals surface area contributed by atoms with Gasteiger partial charge in [0.15, 0.2) is 0 Å². The smallest absolute Gasteiger partial charge is 0.270 e. The van der Waals surface area contributed by atoms with E-state index in [4.69, 9.17) is 4.74 Å². The summed E-state index contributed by atoms with van der Waals surface area (Å²) in [6.45, 7) is 5.62. The van der Waals surface area contributed by atoms with Gasteiger partial charge in [-0.1, -0.05) is 32.0 Å². The highest BCUT2D eigenvalue weighted by atomic mass is 16.5. The van der Waals surface area contributed by atoms with Crippen LogP contribution in [0.2, 0.25) is 0 Å². The number of hydrogen-bond donors (Lipinski definition) is 2. The lowest BCUT2D eigenvalue weighted by molar-refractivity contribution is 0.0854. The Bertz CT molecular complexity index is 732. The molecule has 0 spiro atoms. The van der Waals surface area contributed by atoms with Crippen LogP contribution in [0.5, 0.6) is 0 Å². The van der Waals surface area contributed by atoms with Gasteiger partial charge in [-0.2, -0.15) is 0 Å². The van der Waals surface area contributed by atoms with Crippen molar-refractivity contribution < 1.29 is 9.53 Å². The first-order valence-corrected chi connectivity index (χ1v) is 9.45. The Hall–Kier alpha value is -2.40. The predicted octanol–water partition coefficient (Wildman–Crippen LogP) is 3.86. The summed E-state index contributed by atoms with van der Waals surface area (Å²) in [5.41, 5.74) is 4.96. The summed E-state index contributed by atoms with van der Waals surface area (Å²) < 4.78 is 5.55. The van der Waals surface area contributed by atoms with E-state index in [1.807, 2.05) is 6.07 Å². The lowest BCUT2D eigenvalue weighted by atomic mass is 10.0. The average Bonchev–Trinajstić information content (AvgIpc) is 3.20. The van der Waals surface area contributed by atoms with Crippen molar-refractivity contribution in [2.45, 2.75) is 45.6 Å². The van der Waals surface area contributed by atoms with E-state index in [1.54, 1.807) is 12.3 Å². The fourth-order valence-corrected chi connectivity index (χ4v) is 3.28. The van der Waals surface area contributed by atoms with Gasteiger partial charge in [-0.25, -0.2) is 0 Å². The summed E-state index contributed by atoms with van der Waals surface area (Å²) in [7, 11) is 0. The normalized spacial score (nSPS) is 16.5. The van der Waals surface area contributed by atoms with Crippen LogP contribution in [0.4, 0.5) is 11.4 Å². The number of nitrogens with one attached hydrogen (secondary N) is 2. The highest BCUT2D eigenvalue weighted by Gasteiger charge is 2.17. The molecule has 1 unspecified atom stereocenters. The number of anilines is 2. The highest BCUT2D eigenvalue weighted by molar-refractivity contribution is 5.93. The number of hydrogen-bond acceptors (Lipinski definition) is 4. The minimum Gasteiger partial charge on any atom is -0.376 e. The zero-order chi connectivity index (χ0) is 18.4. The van der Waals surface area contributed by atoms with Crippen LogP contribution in [0.3, 0.4) is 0 Å². The van der Waals surface area contributed by atoms with Crippen molar-refractivity contribution in [3.05, 3.63) is 53.3 Å². The lowest BCUT2D eigenvalue weighted by Gasteiger charge is -2.16. The molecule has 1 atom stereocenters. The fraction of sp³-hybridized carbons (Fsp3) is 0.429. The molecule has 0 bridgehead atoms. The molecule has 138 valence electrons. The molecule has 5 nitrogen and oxygen atoms in total. The van der Waals surface area contributed by atoms with Crippen LogP contribution < -0.4 is 10.6 Å². The third kappa shape index (κ3) is 4.41. The van der Waals surface area contributed by atoms with Crippen LogP contribution in [-0.4, -0.2) is 30.1 Å². The fourth-order valence-electron chi connectivity index (χ4n) is 3.28. The summed E-state index contributed by atoms with van der Waals surface area (Å²) in [4.78, 5) is 16.6. The zero-order valence-electron chi connectivity index (χ0n) is 15.5. The second kappa shape index (κ2) is 8.81. The molecule has 5 heteroatoms. The number of pyridine rings is 1. The van der Waals surface area contributed by atoms with Gasteiger partial charge in [-0.05, 0) is 48.9 Å². The molecule has 2 heterocycles. The molecular formula is C21H27N3O2. The summed E-state index contributed by atoms with van der Waals surface area (Å²) in [6.07, 6.45) is 5.77. The minimum absolute atomic E-state index is 0.129. The zero-order valence-corrected chi connectivity index (χ0v) is 15.5. The van der Waals surface area contributed by atoms with Crippen LogP contribution in [0, 0.1) is 0 Å². The van der Waals surface area contributed by atoms with E-state index >= 15 is 0 Å². The van der Waals surface area contributed by atoms with Gasteiger partial charge in [0, 0.05) is 30.7 Å². The molecule has 1 aliphatic heterocycles. The van der Waals surface area contributed by atoms with Gasteiger partial charge >= 0.3 is 0 Å². The summed E-state index contributed by atoms with van der Waals surface area (Å²) in [6, 6.07) is 10.1. The van der Waals surface area contributed by atoms with E-state index in [-0.39, 0.29) is 12.0 Å². The first-order valence-electron chi connectivity index (χ1n) is 9.45. The van der Waals surface area contributed by atoms with Crippen molar-refractivity contribution in [3.63, 3.8) is 0 Å². The Morgan fingerprint density at radius 3 is 2.65 bits per heavy atom. The number of ether oxygens (including phenoxy) is 1.